The van der Waals surface area contributed by atoms with Gasteiger partial charge in [-0.1, -0.05) is 17.7 Å². The number of nitrogens with two attached hydrogens (primary N) is 1. The second-order valence-corrected chi connectivity index (χ2v) is 6.90. The Hall–Kier alpha value is -1.30. The first kappa shape index (κ1) is 16.6. The number of benzene rings is 1. The van der Waals surface area contributed by atoms with E-state index < -0.39 is 0 Å². The lowest BCUT2D eigenvalue weighted by Gasteiger charge is -2.38. The van der Waals surface area contributed by atoms with E-state index in [1.54, 1.807) is 0 Å². The van der Waals surface area contributed by atoms with E-state index in [0.29, 0.717) is 12.5 Å². The minimum atomic E-state index is -0.0528. The van der Waals surface area contributed by atoms with Gasteiger partial charge in [0, 0.05) is 36.9 Å². The third-order valence-electron chi connectivity index (χ3n) is 5.02. The molecule has 2 atom stereocenters. The van der Waals surface area contributed by atoms with Crippen molar-refractivity contribution in [2.75, 3.05) is 44.2 Å². The fourth-order valence-electron chi connectivity index (χ4n) is 3.50. The van der Waals surface area contributed by atoms with Crippen LogP contribution >= 0.6 is 11.6 Å². The average molecular weight is 337 g/mol. The Balaban J connectivity index is 1.58. The van der Waals surface area contributed by atoms with Gasteiger partial charge in [0.2, 0.25) is 5.91 Å². The summed E-state index contributed by atoms with van der Waals surface area (Å²) in [7, 11) is 0. The molecular weight excluding hydrogens is 312 g/mol. The molecule has 0 bridgehead atoms. The topological polar surface area (TPSA) is 61.6 Å². The van der Waals surface area contributed by atoms with Gasteiger partial charge in [0.25, 0.3) is 0 Å². The van der Waals surface area contributed by atoms with E-state index in [0.717, 1.165) is 49.7 Å². The number of hydrogen-bond acceptors (Lipinski definition) is 4. The average Bonchev–Trinajstić information content (AvgIpc) is 3.06. The van der Waals surface area contributed by atoms with Crippen LogP contribution in [-0.2, 0) is 4.79 Å². The molecule has 5 nitrogen and oxygen atoms in total. The molecule has 2 aliphatic heterocycles. The highest BCUT2D eigenvalue weighted by atomic mass is 35.5. The molecule has 3 N–H and O–H groups in total. The fraction of sp³-hybridized carbons (Fsp3) is 0.588. The molecule has 1 unspecified atom stereocenters. The van der Waals surface area contributed by atoms with Crippen LogP contribution in [0.5, 0.6) is 0 Å². The smallest absolute Gasteiger partial charge is 0.239 e. The van der Waals surface area contributed by atoms with Crippen LogP contribution in [0.25, 0.3) is 0 Å². The molecule has 0 aliphatic carbocycles. The van der Waals surface area contributed by atoms with Crippen molar-refractivity contribution in [2.24, 2.45) is 11.7 Å². The number of carbonyl (C=O) groups is 1. The maximum Gasteiger partial charge on any atom is 0.239 e. The molecule has 2 heterocycles. The summed E-state index contributed by atoms with van der Waals surface area (Å²) in [5.74, 6) is 0.655. The third-order valence-corrected chi connectivity index (χ3v) is 5.43. The molecule has 6 heteroatoms. The van der Waals surface area contributed by atoms with Crippen molar-refractivity contribution < 1.29 is 4.79 Å². The summed E-state index contributed by atoms with van der Waals surface area (Å²) in [6.45, 7) is 6.77. The Bertz CT molecular complexity index is 572. The van der Waals surface area contributed by atoms with E-state index in [1.165, 1.54) is 5.69 Å². The lowest BCUT2D eigenvalue weighted by atomic mass is 10.0. The molecular formula is C17H25ClN4O. The van der Waals surface area contributed by atoms with Gasteiger partial charge in [0.1, 0.15) is 0 Å². The summed E-state index contributed by atoms with van der Waals surface area (Å²) < 4.78 is 0. The first-order chi connectivity index (χ1) is 11.1. The maximum absolute atomic E-state index is 12.6. The van der Waals surface area contributed by atoms with E-state index in [2.05, 4.69) is 16.3 Å². The van der Waals surface area contributed by atoms with Gasteiger partial charge < -0.3 is 20.9 Å². The van der Waals surface area contributed by atoms with Crippen molar-refractivity contribution in [3.63, 3.8) is 0 Å². The van der Waals surface area contributed by atoms with Crippen molar-refractivity contribution in [1.29, 1.82) is 0 Å². The van der Waals surface area contributed by atoms with Gasteiger partial charge in [-0.05, 0) is 50.0 Å². The molecule has 0 saturated carbocycles. The number of hydrogen-bond donors (Lipinski definition) is 2. The van der Waals surface area contributed by atoms with E-state index in [-0.39, 0.29) is 11.9 Å². The van der Waals surface area contributed by atoms with Crippen molar-refractivity contribution >= 4 is 23.2 Å². The highest BCUT2D eigenvalue weighted by Gasteiger charge is 2.33. The second-order valence-electron chi connectivity index (χ2n) is 6.49. The largest absolute Gasteiger partial charge is 0.368 e. The van der Waals surface area contributed by atoms with Gasteiger partial charge in [-0.3, -0.25) is 4.79 Å². The maximum atomic E-state index is 12.6. The molecule has 23 heavy (non-hydrogen) atoms. The van der Waals surface area contributed by atoms with E-state index in [4.69, 9.17) is 17.3 Å². The van der Waals surface area contributed by atoms with Crippen LogP contribution in [0.1, 0.15) is 12.0 Å². The first-order valence-electron chi connectivity index (χ1n) is 8.32. The molecule has 2 aliphatic rings. The SMILES string of the molecule is Cc1c(Cl)cccc1N1CCN(C(=O)[C@H]2CC(CN)CN2)CC1. The van der Waals surface area contributed by atoms with Crippen molar-refractivity contribution in [3.05, 3.63) is 28.8 Å². The molecule has 1 aromatic rings. The van der Waals surface area contributed by atoms with Crippen molar-refractivity contribution in [1.82, 2.24) is 10.2 Å². The summed E-state index contributed by atoms with van der Waals surface area (Å²) in [6.07, 6.45) is 0.864. The van der Waals surface area contributed by atoms with Crippen molar-refractivity contribution in [3.8, 4) is 0 Å². The van der Waals surface area contributed by atoms with Gasteiger partial charge in [-0.25, -0.2) is 0 Å². The Morgan fingerprint density at radius 3 is 2.74 bits per heavy atom. The quantitative estimate of drug-likeness (QED) is 0.871. The Morgan fingerprint density at radius 2 is 2.09 bits per heavy atom. The van der Waals surface area contributed by atoms with Crippen LogP contribution in [0.2, 0.25) is 5.02 Å². The Labute approximate surface area is 142 Å². The van der Waals surface area contributed by atoms with Gasteiger partial charge in [0.05, 0.1) is 6.04 Å². The van der Waals surface area contributed by atoms with Gasteiger partial charge >= 0.3 is 0 Å². The molecule has 3 rings (SSSR count). The summed E-state index contributed by atoms with van der Waals surface area (Å²) in [5.41, 5.74) is 7.98. The van der Waals surface area contributed by atoms with Crippen LogP contribution in [0.15, 0.2) is 18.2 Å². The van der Waals surface area contributed by atoms with Crippen LogP contribution in [0.3, 0.4) is 0 Å². The molecule has 0 aromatic heterocycles. The first-order valence-corrected chi connectivity index (χ1v) is 8.70. The van der Waals surface area contributed by atoms with Crippen molar-refractivity contribution in [2.45, 2.75) is 19.4 Å². The predicted molar refractivity (Wildman–Crippen MR) is 93.9 cm³/mol. The number of carbonyl (C=O) groups excluding carboxylic acids is 1. The fourth-order valence-corrected chi connectivity index (χ4v) is 3.67. The van der Waals surface area contributed by atoms with E-state index in [9.17, 15) is 4.79 Å². The predicted octanol–water partition coefficient (Wildman–Crippen LogP) is 1.23. The Kier molecular flexibility index (Phi) is 5.09. The molecule has 0 radical (unpaired) electrons. The van der Waals surface area contributed by atoms with Crippen LogP contribution in [0.4, 0.5) is 5.69 Å². The van der Waals surface area contributed by atoms with Crippen LogP contribution in [0, 0.1) is 12.8 Å². The summed E-state index contributed by atoms with van der Waals surface area (Å²) in [4.78, 5) is 16.9. The summed E-state index contributed by atoms with van der Waals surface area (Å²) >= 11 is 6.22. The monoisotopic (exact) mass is 336 g/mol. The molecule has 126 valence electrons. The molecule has 1 amide bonds. The normalized spacial score (nSPS) is 25.0. The van der Waals surface area contributed by atoms with E-state index >= 15 is 0 Å². The minimum absolute atomic E-state index is 0.0528. The highest BCUT2D eigenvalue weighted by molar-refractivity contribution is 6.31. The summed E-state index contributed by atoms with van der Waals surface area (Å²) in [6, 6.07) is 5.95. The zero-order chi connectivity index (χ0) is 16.4. The highest BCUT2D eigenvalue weighted by Crippen LogP contribution is 2.27. The number of amides is 1. The van der Waals surface area contributed by atoms with E-state index in [1.807, 2.05) is 24.0 Å². The van der Waals surface area contributed by atoms with Gasteiger partial charge in [-0.15, -0.1) is 0 Å². The number of piperazine rings is 1. The number of rotatable bonds is 3. The lowest BCUT2D eigenvalue weighted by molar-refractivity contribution is -0.133. The lowest BCUT2D eigenvalue weighted by Crippen LogP contribution is -2.53. The number of anilines is 1. The summed E-state index contributed by atoms with van der Waals surface area (Å²) in [5, 5.41) is 4.11. The standard InChI is InChI=1S/C17H25ClN4O/c1-12-14(18)3-2-4-16(12)21-5-7-22(8-6-21)17(23)15-9-13(10-19)11-20-15/h2-4,13,15,20H,5-11,19H2,1H3/t13?,15-/m1/s1. The third kappa shape index (κ3) is 3.47. The molecule has 0 spiro atoms. The zero-order valence-corrected chi connectivity index (χ0v) is 14.4. The van der Waals surface area contributed by atoms with Crippen LogP contribution in [-0.4, -0.2) is 56.1 Å². The number of halogens is 1. The molecule has 1 aromatic carbocycles. The van der Waals surface area contributed by atoms with Gasteiger partial charge in [0.15, 0.2) is 0 Å². The Morgan fingerprint density at radius 1 is 1.35 bits per heavy atom. The zero-order valence-electron chi connectivity index (χ0n) is 13.6. The van der Waals surface area contributed by atoms with Crippen LogP contribution < -0.4 is 16.0 Å². The molecule has 2 saturated heterocycles. The number of nitrogens with one attached hydrogen (secondary N) is 1. The molecule has 2 fully saturated rings. The van der Waals surface area contributed by atoms with Gasteiger partial charge in [-0.2, -0.15) is 0 Å². The second kappa shape index (κ2) is 7.07. The minimum Gasteiger partial charge on any atom is -0.368 e. The number of nitrogens with zero attached hydrogens (tertiary/aromatic N) is 2.